The van der Waals surface area contributed by atoms with Gasteiger partial charge < -0.3 is 5.11 Å². The average molecular weight is 156 g/mol. The molecule has 0 radical (unpaired) electrons. The normalized spacial score (nSPS) is 30.0. The van der Waals surface area contributed by atoms with Gasteiger partial charge in [0.2, 0.25) is 0 Å². The van der Waals surface area contributed by atoms with Crippen LogP contribution in [-0.2, 0) is 0 Å². The van der Waals surface area contributed by atoms with Crippen molar-refractivity contribution in [1.29, 1.82) is 0 Å². The molecule has 0 aliphatic heterocycles. The highest BCUT2D eigenvalue weighted by molar-refractivity contribution is 5.12. The van der Waals surface area contributed by atoms with Crippen LogP contribution in [0.15, 0.2) is 0 Å². The zero-order valence-corrected chi connectivity index (χ0v) is 8.31. The standard InChI is InChI=1S/C10H20O/c1-7(11)6-8-9(2,3)10(8,4)5/h7-8,11H,6H2,1-5H3/t7-/m1/s1. The summed E-state index contributed by atoms with van der Waals surface area (Å²) in [5, 5.41) is 9.23. The molecule has 0 unspecified atom stereocenters. The molecule has 1 aliphatic rings. The van der Waals surface area contributed by atoms with Crippen LogP contribution in [0, 0.1) is 16.7 Å². The number of hydrogen-bond donors (Lipinski definition) is 1. The third-order valence-electron chi connectivity index (χ3n) is 3.90. The van der Waals surface area contributed by atoms with E-state index in [1.807, 2.05) is 6.92 Å². The lowest BCUT2D eigenvalue weighted by Crippen LogP contribution is -2.03. The fraction of sp³-hybridized carbons (Fsp3) is 1.00. The van der Waals surface area contributed by atoms with Crippen molar-refractivity contribution < 1.29 is 5.11 Å². The molecular weight excluding hydrogens is 136 g/mol. The van der Waals surface area contributed by atoms with E-state index in [1.54, 1.807) is 0 Å². The molecule has 0 aromatic carbocycles. The van der Waals surface area contributed by atoms with Gasteiger partial charge in [0.15, 0.2) is 0 Å². The summed E-state index contributed by atoms with van der Waals surface area (Å²) in [4.78, 5) is 0. The maximum Gasteiger partial charge on any atom is 0.0515 e. The molecule has 0 aromatic heterocycles. The summed E-state index contributed by atoms with van der Waals surface area (Å²) >= 11 is 0. The average Bonchev–Trinajstić information content (AvgIpc) is 2.11. The van der Waals surface area contributed by atoms with Crippen LogP contribution in [0.25, 0.3) is 0 Å². The minimum atomic E-state index is -0.138. The largest absolute Gasteiger partial charge is 0.393 e. The van der Waals surface area contributed by atoms with Gasteiger partial charge in [-0.1, -0.05) is 27.7 Å². The molecule has 0 heterocycles. The molecule has 0 aromatic rings. The number of rotatable bonds is 2. The Labute approximate surface area is 69.8 Å². The third kappa shape index (κ3) is 1.20. The predicted molar refractivity (Wildman–Crippen MR) is 47.3 cm³/mol. The third-order valence-corrected chi connectivity index (χ3v) is 3.90. The fourth-order valence-electron chi connectivity index (χ4n) is 2.26. The van der Waals surface area contributed by atoms with E-state index in [0.717, 1.165) is 6.42 Å². The second-order valence-corrected chi connectivity index (χ2v) is 5.08. The maximum atomic E-state index is 9.23. The number of aliphatic hydroxyl groups is 1. The highest BCUT2D eigenvalue weighted by atomic mass is 16.3. The van der Waals surface area contributed by atoms with Gasteiger partial charge >= 0.3 is 0 Å². The van der Waals surface area contributed by atoms with Crippen molar-refractivity contribution in [2.75, 3.05) is 0 Å². The second kappa shape index (κ2) is 2.22. The first-order valence-corrected chi connectivity index (χ1v) is 4.48. The molecule has 0 bridgehead atoms. The molecule has 1 heteroatoms. The SMILES string of the molecule is C[C@@H](O)CC1C(C)(C)C1(C)C. The quantitative estimate of drug-likeness (QED) is 0.651. The highest BCUT2D eigenvalue weighted by Crippen LogP contribution is 2.69. The Morgan fingerprint density at radius 2 is 1.55 bits per heavy atom. The van der Waals surface area contributed by atoms with Crippen molar-refractivity contribution in [3.05, 3.63) is 0 Å². The van der Waals surface area contributed by atoms with Gasteiger partial charge in [-0.3, -0.25) is 0 Å². The summed E-state index contributed by atoms with van der Waals surface area (Å²) < 4.78 is 0. The Morgan fingerprint density at radius 3 is 1.64 bits per heavy atom. The molecule has 11 heavy (non-hydrogen) atoms. The first kappa shape index (κ1) is 9.05. The first-order chi connectivity index (χ1) is 4.80. The molecular formula is C10H20O. The van der Waals surface area contributed by atoms with Crippen LogP contribution in [0.5, 0.6) is 0 Å². The first-order valence-electron chi connectivity index (χ1n) is 4.48. The summed E-state index contributed by atoms with van der Waals surface area (Å²) in [6.07, 6.45) is 0.820. The molecule has 0 amide bonds. The number of hydrogen-bond acceptors (Lipinski definition) is 1. The van der Waals surface area contributed by atoms with E-state index >= 15 is 0 Å². The fourth-order valence-corrected chi connectivity index (χ4v) is 2.26. The lowest BCUT2D eigenvalue weighted by Gasteiger charge is -2.04. The van der Waals surface area contributed by atoms with Crippen LogP contribution in [0.3, 0.4) is 0 Å². The van der Waals surface area contributed by atoms with E-state index in [0.29, 0.717) is 16.7 Å². The smallest absolute Gasteiger partial charge is 0.0515 e. The van der Waals surface area contributed by atoms with Crippen molar-refractivity contribution in [3.63, 3.8) is 0 Å². The Balaban J connectivity index is 2.54. The molecule has 0 spiro atoms. The van der Waals surface area contributed by atoms with Gasteiger partial charge in [-0.25, -0.2) is 0 Å². The molecule has 1 rings (SSSR count). The molecule has 1 atom stereocenters. The van der Waals surface area contributed by atoms with Gasteiger partial charge in [0.1, 0.15) is 0 Å². The van der Waals surface area contributed by atoms with E-state index < -0.39 is 0 Å². The van der Waals surface area contributed by atoms with Gasteiger partial charge in [0.25, 0.3) is 0 Å². The summed E-state index contributed by atoms with van der Waals surface area (Å²) in [5.74, 6) is 0.704. The van der Waals surface area contributed by atoms with Crippen LogP contribution in [0.1, 0.15) is 41.0 Å². The van der Waals surface area contributed by atoms with E-state index in [9.17, 15) is 5.11 Å². The van der Waals surface area contributed by atoms with Gasteiger partial charge in [-0.2, -0.15) is 0 Å². The Kier molecular flexibility index (Phi) is 1.83. The lowest BCUT2D eigenvalue weighted by molar-refractivity contribution is 0.169. The van der Waals surface area contributed by atoms with E-state index in [1.165, 1.54) is 0 Å². The summed E-state index contributed by atoms with van der Waals surface area (Å²) in [6.45, 7) is 11.0. The Hall–Kier alpha value is -0.0400. The molecule has 1 saturated carbocycles. The van der Waals surface area contributed by atoms with Crippen molar-refractivity contribution in [3.8, 4) is 0 Å². The van der Waals surface area contributed by atoms with Gasteiger partial charge in [-0.05, 0) is 30.1 Å². The van der Waals surface area contributed by atoms with Crippen molar-refractivity contribution in [1.82, 2.24) is 0 Å². The maximum absolute atomic E-state index is 9.23. The molecule has 1 nitrogen and oxygen atoms in total. The van der Waals surface area contributed by atoms with Crippen molar-refractivity contribution in [2.24, 2.45) is 16.7 Å². The molecule has 66 valence electrons. The summed E-state index contributed by atoms with van der Waals surface area (Å²) in [7, 11) is 0. The Bertz CT molecular complexity index is 142. The predicted octanol–water partition coefficient (Wildman–Crippen LogP) is 2.44. The minimum Gasteiger partial charge on any atom is -0.393 e. The van der Waals surface area contributed by atoms with Crippen molar-refractivity contribution >= 4 is 0 Å². The van der Waals surface area contributed by atoms with Gasteiger partial charge in [0, 0.05) is 0 Å². The summed E-state index contributed by atoms with van der Waals surface area (Å²) in [5.41, 5.74) is 0.869. The number of aliphatic hydroxyl groups excluding tert-OH is 1. The van der Waals surface area contributed by atoms with Gasteiger partial charge in [0.05, 0.1) is 6.10 Å². The van der Waals surface area contributed by atoms with Crippen LogP contribution in [0.4, 0.5) is 0 Å². The van der Waals surface area contributed by atoms with Crippen LogP contribution >= 0.6 is 0 Å². The zero-order chi connectivity index (χ0) is 8.86. The lowest BCUT2D eigenvalue weighted by atomic mass is 10.0. The van der Waals surface area contributed by atoms with E-state index in [4.69, 9.17) is 0 Å². The van der Waals surface area contributed by atoms with Crippen LogP contribution in [0.2, 0.25) is 0 Å². The van der Waals surface area contributed by atoms with Gasteiger partial charge in [-0.15, -0.1) is 0 Å². The van der Waals surface area contributed by atoms with Crippen LogP contribution < -0.4 is 0 Å². The van der Waals surface area contributed by atoms with Crippen molar-refractivity contribution in [2.45, 2.75) is 47.1 Å². The molecule has 0 saturated heterocycles. The minimum absolute atomic E-state index is 0.138. The molecule has 1 fully saturated rings. The molecule has 1 N–H and O–H groups in total. The monoisotopic (exact) mass is 156 g/mol. The topological polar surface area (TPSA) is 20.2 Å². The second-order valence-electron chi connectivity index (χ2n) is 5.08. The molecule has 1 aliphatic carbocycles. The summed E-state index contributed by atoms with van der Waals surface area (Å²) in [6, 6.07) is 0. The zero-order valence-electron chi connectivity index (χ0n) is 8.31. The highest BCUT2D eigenvalue weighted by Gasteiger charge is 2.64. The van der Waals surface area contributed by atoms with E-state index in [-0.39, 0.29) is 6.10 Å². The van der Waals surface area contributed by atoms with Crippen LogP contribution in [-0.4, -0.2) is 11.2 Å². The Morgan fingerprint density at radius 1 is 1.18 bits per heavy atom. The van der Waals surface area contributed by atoms with E-state index in [2.05, 4.69) is 27.7 Å².